The minimum atomic E-state index is -0.903. The first-order chi connectivity index (χ1) is 10.1. The molecule has 2 unspecified atom stereocenters. The van der Waals surface area contributed by atoms with Crippen LogP contribution in [0.4, 0.5) is 0 Å². The van der Waals surface area contributed by atoms with Crippen LogP contribution in [0.15, 0.2) is 23.2 Å². The molecule has 2 heterocycles. The molecular formula is C14H18N6O. The molecule has 1 fully saturated rings. The van der Waals surface area contributed by atoms with Gasteiger partial charge in [0.1, 0.15) is 23.5 Å². The highest BCUT2D eigenvalue weighted by Gasteiger charge is 2.25. The summed E-state index contributed by atoms with van der Waals surface area (Å²) in [5, 5.41) is 12.1. The molecule has 0 spiro atoms. The highest BCUT2D eigenvalue weighted by atomic mass is 16.1. The second-order valence-corrected chi connectivity index (χ2v) is 4.95. The molecule has 21 heavy (non-hydrogen) atoms. The van der Waals surface area contributed by atoms with E-state index in [0.29, 0.717) is 5.69 Å². The first kappa shape index (κ1) is 14.9. The summed E-state index contributed by atoms with van der Waals surface area (Å²) in [5.41, 5.74) is 12.0. The van der Waals surface area contributed by atoms with E-state index < -0.39 is 11.8 Å². The van der Waals surface area contributed by atoms with E-state index in [1.54, 1.807) is 18.2 Å². The predicted molar refractivity (Wildman–Crippen MR) is 78.4 cm³/mol. The third-order valence-corrected chi connectivity index (χ3v) is 3.36. The number of carbonyl (C=O) groups is 1. The largest absolute Gasteiger partial charge is 0.386 e. The summed E-state index contributed by atoms with van der Waals surface area (Å²) >= 11 is 0. The Bertz CT molecular complexity index is 585. The van der Waals surface area contributed by atoms with Gasteiger partial charge >= 0.3 is 0 Å². The second-order valence-electron chi connectivity index (χ2n) is 4.95. The molecule has 0 aliphatic carbocycles. The van der Waals surface area contributed by atoms with Gasteiger partial charge in [-0.15, -0.1) is 0 Å². The fourth-order valence-corrected chi connectivity index (χ4v) is 2.35. The lowest BCUT2D eigenvalue weighted by Gasteiger charge is -2.21. The van der Waals surface area contributed by atoms with Crippen molar-refractivity contribution in [3.05, 3.63) is 29.6 Å². The third-order valence-electron chi connectivity index (χ3n) is 3.36. The van der Waals surface area contributed by atoms with Gasteiger partial charge in [-0.2, -0.15) is 5.26 Å². The molecular weight excluding hydrogens is 268 g/mol. The van der Waals surface area contributed by atoms with E-state index in [4.69, 9.17) is 16.7 Å². The minimum absolute atomic E-state index is 0.0414. The van der Waals surface area contributed by atoms with Crippen LogP contribution in [0.3, 0.4) is 0 Å². The van der Waals surface area contributed by atoms with Gasteiger partial charge in [-0.05, 0) is 31.5 Å². The fourth-order valence-electron chi connectivity index (χ4n) is 2.35. The molecule has 0 radical (unpaired) electrons. The van der Waals surface area contributed by atoms with Crippen LogP contribution < -0.4 is 16.8 Å². The second kappa shape index (κ2) is 6.81. The topological polar surface area (TPSA) is 130 Å². The summed E-state index contributed by atoms with van der Waals surface area (Å²) in [6.45, 7) is 1.70. The summed E-state index contributed by atoms with van der Waals surface area (Å²) < 4.78 is 0. The molecule has 7 nitrogen and oxygen atoms in total. The van der Waals surface area contributed by atoms with Crippen molar-refractivity contribution in [3.63, 3.8) is 0 Å². The lowest BCUT2D eigenvalue weighted by atomic mass is 10.0. The van der Waals surface area contributed by atoms with E-state index >= 15 is 0 Å². The SMILES string of the molecule is N#Cc1cccc(C(C(N)=O)C(N)=NC2CCCNC2)n1. The maximum absolute atomic E-state index is 11.7. The number of carbonyl (C=O) groups excluding carboxylic acids is 1. The lowest BCUT2D eigenvalue weighted by molar-refractivity contribution is -0.118. The monoisotopic (exact) mass is 286 g/mol. The molecule has 1 saturated heterocycles. The fraction of sp³-hybridized carbons (Fsp3) is 0.429. The molecule has 110 valence electrons. The minimum Gasteiger partial charge on any atom is -0.386 e. The summed E-state index contributed by atoms with van der Waals surface area (Å²) in [6, 6.07) is 6.79. The van der Waals surface area contributed by atoms with Gasteiger partial charge < -0.3 is 16.8 Å². The van der Waals surface area contributed by atoms with Crippen LogP contribution in [-0.4, -0.2) is 35.9 Å². The quantitative estimate of drug-likeness (QED) is 0.513. The van der Waals surface area contributed by atoms with E-state index in [-0.39, 0.29) is 17.6 Å². The molecule has 2 atom stereocenters. The lowest BCUT2D eigenvalue weighted by Crippen LogP contribution is -2.38. The van der Waals surface area contributed by atoms with Gasteiger partial charge in [0.15, 0.2) is 0 Å². The highest BCUT2D eigenvalue weighted by Crippen LogP contribution is 2.16. The number of nitrogens with zero attached hydrogens (tertiary/aromatic N) is 3. The standard InChI is InChI=1S/C14H18N6O/c15-7-9-3-1-5-11(19-9)12(14(17)21)13(16)20-10-4-2-6-18-8-10/h1,3,5,10,12,18H,2,4,6,8H2,(H2,16,20)(H2,17,21). The molecule has 1 amide bonds. The van der Waals surface area contributed by atoms with Gasteiger partial charge in [0, 0.05) is 6.54 Å². The number of hydrogen-bond acceptors (Lipinski definition) is 5. The number of rotatable bonds is 4. The molecule has 1 aliphatic rings. The van der Waals surface area contributed by atoms with Crippen molar-refractivity contribution >= 4 is 11.7 Å². The Balaban J connectivity index is 2.27. The number of piperidine rings is 1. The zero-order valence-corrected chi connectivity index (χ0v) is 11.6. The predicted octanol–water partition coefficient (Wildman–Crippen LogP) is -0.369. The van der Waals surface area contributed by atoms with Crippen LogP contribution >= 0.6 is 0 Å². The molecule has 1 aromatic heterocycles. The van der Waals surface area contributed by atoms with Crippen molar-refractivity contribution in [1.82, 2.24) is 10.3 Å². The highest BCUT2D eigenvalue weighted by molar-refractivity contribution is 6.06. The summed E-state index contributed by atoms with van der Waals surface area (Å²) in [6.07, 6.45) is 1.94. The number of nitrogens with two attached hydrogens (primary N) is 2. The number of nitriles is 1. The number of nitrogens with one attached hydrogen (secondary N) is 1. The van der Waals surface area contributed by atoms with Crippen molar-refractivity contribution in [1.29, 1.82) is 5.26 Å². The van der Waals surface area contributed by atoms with Gasteiger partial charge in [-0.3, -0.25) is 9.79 Å². The molecule has 1 aromatic rings. The van der Waals surface area contributed by atoms with Crippen LogP contribution in [0.25, 0.3) is 0 Å². The maximum Gasteiger partial charge on any atom is 0.234 e. The zero-order chi connectivity index (χ0) is 15.2. The van der Waals surface area contributed by atoms with Gasteiger partial charge in [-0.1, -0.05) is 6.07 Å². The molecule has 2 rings (SSSR count). The summed E-state index contributed by atoms with van der Waals surface area (Å²) in [4.78, 5) is 20.2. The number of hydrogen-bond donors (Lipinski definition) is 3. The van der Waals surface area contributed by atoms with Crippen molar-refractivity contribution < 1.29 is 4.79 Å². The average Bonchev–Trinajstić information content (AvgIpc) is 2.48. The van der Waals surface area contributed by atoms with Crippen LogP contribution in [0.5, 0.6) is 0 Å². The van der Waals surface area contributed by atoms with E-state index in [0.717, 1.165) is 25.9 Å². The van der Waals surface area contributed by atoms with Gasteiger partial charge in [0.2, 0.25) is 5.91 Å². The molecule has 0 bridgehead atoms. The zero-order valence-electron chi connectivity index (χ0n) is 11.6. The van der Waals surface area contributed by atoms with Crippen molar-refractivity contribution in [2.24, 2.45) is 16.5 Å². The maximum atomic E-state index is 11.7. The summed E-state index contributed by atoms with van der Waals surface area (Å²) in [5.74, 6) is -1.37. The van der Waals surface area contributed by atoms with Crippen LogP contribution in [-0.2, 0) is 4.79 Å². The smallest absolute Gasteiger partial charge is 0.234 e. The third kappa shape index (κ3) is 3.77. The van der Waals surface area contributed by atoms with E-state index in [9.17, 15) is 4.79 Å². The van der Waals surface area contributed by atoms with Gasteiger partial charge in [-0.25, -0.2) is 4.98 Å². The van der Waals surface area contributed by atoms with Gasteiger partial charge in [0.25, 0.3) is 0 Å². The molecule has 5 N–H and O–H groups in total. The Morgan fingerprint density at radius 1 is 1.52 bits per heavy atom. The average molecular weight is 286 g/mol. The number of aromatic nitrogens is 1. The normalized spacial score (nSPS) is 20.5. The van der Waals surface area contributed by atoms with E-state index in [1.165, 1.54) is 0 Å². The van der Waals surface area contributed by atoms with Crippen LogP contribution in [0, 0.1) is 11.3 Å². The molecule has 0 saturated carbocycles. The first-order valence-electron chi connectivity index (χ1n) is 6.82. The number of primary amides is 1. The molecule has 7 heteroatoms. The number of amidine groups is 1. The van der Waals surface area contributed by atoms with E-state index in [1.807, 2.05) is 6.07 Å². The Kier molecular flexibility index (Phi) is 4.85. The van der Waals surface area contributed by atoms with Gasteiger partial charge in [0.05, 0.1) is 11.7 Å². The Morgan fingerprint density at radius 3 is 2.95 bits per heavy atom. The molecule has 0 aromatic carbocycles. The van der Waals surface area contributed by atoms with Crippen LogP contribution in [0.1, 0.15) is 30.1 Å². The Labute approximate surface area is 123 Å². The molecule has 1 aliphatic heterocycles. The van der Waals surface area contributed by atoms with E-state index in [2.05, 4.69) is 15.3 Å². The van der Waals surface area contributed by atoms with Crippen LogP contribution in [0.2, 0.25) is 0 Å². The number of amides is 1. The van der Waals surface area contributed by atoms with Crippen molar-refractivity contribution in [2.45, 2.75) is 24.8 Å². The Hall–Kier alpha value is -2.46. The number of pyridine rings is 1. The van der Waals surface area contributed by atoms with Crippen molar-refractivity contribution in [3.8, 4) is 6.07 Å². The number of aliphatic imine (C=N–C) groups is 1. The first-order valence-corrected chi connectivity index (χ1v) is 6.82. The summed E-state index contributed by atoms with van der Waals surface area (Å²) in [7, 11) is 0. The Morgan fingerprint density at radius 2 is 2.33 bits per heavy atom. The van der Waals surface area contributed by atoms with Crippen molar-refractivity contribution in [2.75, 3.05) is 13.1 Å².